The van der Waals surface area contributed by atoms with Gasteiger partial charge in [0.2, 0.25) is 0 Å². The topological polar surface area (TPSA) is 22.1 Å². The van der Waals surface area contributed by atoms with Crippen molar-refractivity contribution < 1.29 is 4.74 Å². The molecular weight excluding hydrogens is 241 g/mol. The molecule has 0 radical (unpaired) electrons. The van der Waals surface area contributed by atoms with Gasteiger partial charge in [-0.3, -0.25) is 4.98 Å². The van der Waals surface area contributed by atoms with Crippen molar-refractivity contribution in [2.24, 2.45) is 0 Å². The molecule has 3 heteroatoms. The summed E-state index contributed by atoms with van der Waals surface area (Å²) in [7, 11) is 1.64. The van der Waals surface area contributed by atoms with E-state index in [-0.39, 0.29) is 0 Å². The van der Waals surface area contributed by atoms with Crippen molar-refractivity contribution in [3.8, 4) is 5.75 Å². The van der Waals surface area contributed by atoms with Crippen LogP contribution < -0.4 is 4.74 Å². The molecule has 0 saturated heterocycles. The fourth-order valence-electron chi connectivity index (χ4n) is 0.600. The number of aryl methyl sites for hydroxylation is 1. The summed E-state index contributed by atoms with van der Waals surface area (Å²) < 4.78 is 6.12. The Morgan fingerprint density at radius 2 is 2.30 bits per heavy atom. The lowest BCUT2D eigenvalue weighted by Crippen LogP contribution is -1.88. The Hall–Kier alpha value is -0.320. The van der Waals surface area contributed by atoms with Gasteiger partial charge in [0.15, 0.2) is 0 Å². The van der Waals surface area contributed by atoms with Crippen LogP contribution in [0.15, 0.2) is 12.3 Å². The minimum Gasteiger partial charge on any atom is -0.495 e. The summed E-state index contributed by atoms with van der Waals surface area (Å²) in [6, 6.07) is 1.96. The predicted octanol–water partition coefficient (Wildman–Crippen LogP) is 2.00. The molecule has 0 aliphatic rings. The van der Waals surface area contributed by atoms with Crippen molar-refractivity contribution in [1.29, 1.82) is 0 Å². The second kappa shape index (κ2) is 3.18. The Morgan fingerprint density at radius 1 is 1.60 bits per heavy atom. The quantitative estimate of drug-likeness (QED) is 0.710. The predicted molar refractivity (Wildman–Crippen MR) is 48.2 cm³/mol. The largest absolute Gasteiger partial charge is 0.495 e. The van der Waals surface area contributed by atoms with Gasteiger partial charge in [0.05, 0.1) is 19.0 Å². The van der Waals surface area contributed by atoms with Crippen LogP contribution in [0.25, 0.3) is 0 Å². The summed E-state index contributed by atoms with van der Waals surface area (Å²) in [5.41, 5.74) is 1.04. The fraction of sp³-hybridized carbons (Fsp3) is 0.286. The van der Waals surface area contributed by atoms with E-state index < -0.39 is 0 Å². The molecule has 2 nitrogen and oxygen atoms in total. The molecule has 0 bridgehead atoms. The SMILES string of the molecule is COc1cnc(C)c(I)c1. The molecule has 0 fully saturated rings. The van der Waals surface area contributed by atoms with Gasteiger partial charge in [0, 0.05) is 3.57 Å². The molecule has 10 heavy (non-hydrogen) atoms. The second-order valence-electron chi connectivity index (χ2n) is 1.94. The highest BCUT2D eigenvalue weighted by atomic mass is 127. The van der Waals surface area contributed by atoms with Crippen LogP contribution in [0.4, 0.5) is 0 Å². The van der Waals surface area contributed by atoms with E-state index >= 15 is 0 Å². The molecule has 0 unspecified atom stereocenters. The van der Waals surface area contributed by atoms with E-state index in [0.717, 1.165) is 15.0 Å². The van der Waals surface area contributed by atoms with Gasteiger partial charge in [-0.05, 0) is 35.6 Å². The molecule has 0 amide bonds. The normalized spacial score (nSPS) is 9.50. The first-order chi connectivity index (χ1) is 4.74. The van der Waals surface area contributed by atoms with Gasteiger partial charge < -0.3 is 4.74 Å². The summed E-state index contributed by atoms with van der Waals surface area (Å²) in [6.45, 7) is 1.97. The zero-order valence-electron chi connectivity index (χ0n) is 5.89. The van der Waals surface area contributed by atoms with Crippen LogP contribution in [0.1, 0.15) is 5.69 Å². The molecule has 0 N–H and O–H groups in total. The summed E-state index contributed by atoms with van der Waals surface area (Å²) in [4.78, 5) is 4.12. The summed E-state index contributed by atoms with van der Waals surface area (Å²) in [6.07, 6.45) is 1.72. The molecule has 1 heterocycles. The minimum absolute atomic E-state index is 0.815. The molecule has 1 rings (SSSR count). The van der Waals surface area contributed by atoms with Crippen LogP contribution in [0, 0.1) is 10.5 Å². The van der Waals surface area contributed by atoms with Gasteiger partial charge >= 0.3 is 0 Å². The maximum atomic E-state index is 4.98. The lowest BCUT2D eigenvalue weighted by Gasteiger charge is -2.00. The first-order valence-corrected chi connectivity index (χ1v) is 3.98. The Bertz CT molecular complexity index is 237. The second-order valence-corrected chi connectivity index (χ2v) is 3.10. The number of hydrogen-bond acceptors (Lipinski definition) is 2. The van der Waals surface area contributed by atoms with Crippen molar-refractivity contribution in [1.82, 2.24) is 4.98 Å². The number of ether oxygens (including phenoxy) is 1. The number of hydrogen-bond donors (Lipinski definition) is 0. The smallest absolute Gasteiger partial charge is 0.138 e. The van der Waals surface area contributed by atoms with Gasteiger partial charge in [-0.15, -0.1) is 0 Å². The van der Waals surface area contributed by atoms with E-state index in [4.69, 9.17) is 4.74 Å². The number of pyridine rings is 1. The number of nitrogens with zero attached hydrogens (tertiary/aromatic N) is 1. The summed E-state index contributed by atoms with van der Waals surface area (Å²) >= 11 is 2.23. The van der Waals surface area contributed by atoms with Gasteiger partial charge in [-0.1, -0.05) is 0 Å². The Labute approximate surface area is 73.8 Å². The molecule has 0 atom stereocenters. The van der Waals surface area contributed by atoms with E-state index in [2.05, 4.69) is 27.6 Å². The zero-order chi connectivity index (χ0) is 7.56. The molecule has 1 aromatic rings. The minimum atomic E-state index is 0.815. The van der Waals surface area contributed by atoms with E-state index in [1.54, 1.807) is 13.3 Å². The first kappa shape index (κ1) is 7.78. The molecule has 54 valence electrons. The first-order valence-electron chi connectivity index (χ1n) is 2.90. The van der Waals surface area contributed by atoms with Crippen LogP contribution in [-0.4, -0.2) is 12.1 Å². The molecule has 0 aliphatic carbocycles. The van der Waals surface area contributed by atoms with E-state index in [0.29, 0.717) is 0 Å². The molecule has 1 aromatic heterocycles. The summed E-state index contributed by atoms with van der Waals surface area (Å²) in [5.74, 6) is 0.815. The van der Waals surface area contributed by atoms with Crippen LogP contribution in [0.3, 0.4) is 0 Å². The Balaban J connectivity index is 3.04. The van der Waals surface area contributed by atoms with Crippen LogP contribution in [0.2, 0.25) is 0 Å². The standard InChI is InChI=1S/C7H8INO/c1-5-7(8)3-6(10-2)4-9-5/h3-4H,1-2H3. The molecular formula is C7H8INO. The van der Waals surface area contributed by atoms with Crippen molar-refractivity contribution in [2.75, 3.05) is 7.11 Å². The highest BCUT2D eigenvalue weighted by molar-refractivity contribution is 14.1. The number of halogens is 1. The van der Waals surface area contributed by atoms with Crippen LogP contribution in [-0.2, 0) is 0 Å². The van der Waals surface area contributed by atoms with Gasteiger partial charge in [0.25, 0.3) is 0 Å². The lowest BCUT2D eigenvalue weighted by atomic mass is 10.4. The van der Waals surface area contributed by atoms with Crippen molar-refractivity contribution in [3.05, 3.63) is 21.5 Å². The van der Waals surface area contributed by atoms with Gasteiger partial charge in [-0.25, -0.2) is 0 Å². The Kier molecular flexibility index (Phi) is 2.48. The van der Waals surface area contributed by atoms with Crippen LogP contribution >= 0.6 is 22.6 Å². The van der Waals surface area contributed by atoms with Crippen LogP contribution in [0.5, 0.6) is 5.75 Å². The molecule has 0 aromatic carbocycles. The molecule has 0 saturated carbocycles. The molecule has 0 spiro atoms. The number of aromatic nitrogens is 1. The average Bonchev–Trinajstić information content (AvgIpc) is 1.95. The lowest BCUT2D eigenvalue weighted by molar-refractivity contribution is 0.412. The average molecular weight is 249 g/mol. The van der Waals surface area contributed by atoms with E-state index in [9.17, 15) is 0 Å². The third-order valence-electron chi connectivity index (χ3n) is 1.24. The Morgan fingerprint density at radius 3 is 2.80 bits per heavy atom. The maximum absolute atomic E-state index is 4.98. The third kappa shape index (κ3) is 1.59. The van der Waals surface area contributed by atoms with E-state index in [1.165, 1.54) is 0 Å². The van der Waals surface area contributed by atoms with Crippen molar-refractivity contribution >= 4 is 22.6 Å². The third-order valence-corrected chi connectivity index (χ3v) is 2.33. The summed E-state index contributed by atoms with van der Waals surface area (Å²) in [5, 5.41) is 0. The van der Waals surface area contributed by atoms with E-state index in [1.807, 2.05) is 13.0 Å². The number of methoxy groups -OCH3 is 1. The number of rotatable bonds is 1. The van der Waals surface area contributed by atoms with Crippen molar-refractivity contribution in [3.63, 3.8) is 0 Å². The van der Waals surface area contributed by atoms with Crippen molar-refractivity contribution in [2.45, 2.75) is 6.92 Å². The monoisotopic (exact) mass is 249 g/mol. The fourth-order valence-corrected chi connectivity index (χ4v) is 1.05. The van der Waals surface area contributed by atoms with Gasteiger partial charge in [-0.2, -0.15) is 0 Å². The van der Waals surface area contributed by atoms with Gasteiger partial charge in [0.1, 0.15) is 5.75 Å². The maximum Gasteiger partial charge on any atom is 0.138 e. The zero-order valence-corrected chi connectivity index (χ0v) is 8.05. The highest BCUT2D eigenvalue weighted by Gasteiger charge is 1.96. The molecule has 0 aliphatic heterocycles. The highest BCUT2D eigenvalue weighted by Crippen LogP contribution is 2.15.